The molecule has 0 aromatic heterocycles. The van der Waals surface area contributed by atoms with E-state index in [0.717, 1.165) is 0 Å². The Morgan fingerprint density at radius 1 is 0.242 bits per heavy atom. The molecule has 0 rings (SSSR count). The average molecular weight is 524 g/mol. The van der Waals surface area contributed by atoms with Crippen LogP contribution in [0.5, 0.6) is 0 Å². The summed E-state index contributed by atoms with van der Waals surface area (Å²) in [5.41, 5.74) is 0. The van der Waals surface area contributed by atoms with Crippen molar-refractivity contribution in [3.8, 4) is 0 Å². The molecule has 0 unspecified atom stereocenters. The molecule has 1 radical (unpaired) electrons. The van der Waals surface area contributed by atoms with Crippen LogP contribution in [0.4, 0.5) is 0 Å². The first kappa shape index (κ1) is 43.4. The predicted molar refractivity (Wildman–Crippen MR) is 143 cm³/mol. The molecule has 0 aromatic carbocycles. The van der Waals surface area contributed by atoms with E-state index in [1.165, 1.54) is 0 Å². The molecule has 0 heterocycles. The molecule has 0 aliphatic heterocycles. The van der Waals surface area contributed by atoms with E-state index in [4.69, 9.17) is 0 Å². The van der Waals surface area contributed by atoms with Gasteiger partial charge in [0.1, 0.15) is 0 Å². The third kappa shape index (κ3) is 28.5. The van der Waals surface area contributed by atoms with Crippen molar-refractivity contribution in [1.29, 1.82) is 0 Å². The van der Waals surface area contributed by atoms with Crippen LogP contribution in [0.3, 0.4) is 0 Å². The van der Waals surface area contributed by atoms with Gasteiger partial charge in [-0.15, -0.1) is 0 Å². The minimum Gasteiger partial charge on any atom is -0.393 e. The zero-order chi connectivity index (χ0) is 26.9. The molecule has 33 heavy (non-hydrogen) atoms. The summed E-state index contributed by atoms with van der Waals surface area (Å²) in [5, 5.41) is 36.8. The van der Waals surface area contributed by atoms with Crippen molar-refractivity contribution in [2.75, 3.05) is 0 Å². The van der Waals surface area contributed by atoms with E-state index in [1.54, 1.807) is 0 Å². The maximum atomic E-state index is 9.20. The van der Waals surface area contributed by atoms with E-state index in [0.29, 0.717) is 47.3 Å². The third-order valence-corrected chi connectivity index (χ3v) is 5.46. The summed E-state index contributed by atoms with van der Waals surface area (Å²) in [6.07, 6.45) is -0.519. The van der Waals surface area contributed by atoms with E-state index in [2.05, 4.69) is 0 Å². The number of aliphatic hydroxyl groups is 4. The summed E-state index contributed by atoms with van der Waals surface area (Å²) in [7, 11) is 0. The molecular formula is C28H64CoO4. The average Bonchev–Trinajstić information content (AvgIpc) is 2.65. The molecule has 0 spiro atoms. The van der Waals surface area contributed by atoms with Crippen LogP contribution in [0.15, 0.2) is 0 Å². The molecule has 0 aliphatic carbocycles. The monoisotopic (exact) mass is 523 g/mol. The van der Waals surface area contributed by atoms with Gasteiger partial charge in [0.05, 0.1) is 24.4 Å². The third-order valence-electron chi connectivity index (χ3n) is 5.46. The normalized spacial score (nSPS) is 11.6. The second-order valence-corrected chi connectivity index (χ2v) is 11.9. The largest absolute Gasteiger partial charge is 0.393 e. The van der Waals surface area contributed by atoms with Crippen LogP contribution in [0.2, 0.25) is 0 Å². The van der Waals surface area contributed by atoms with Gasteiger partial charge in [0.2, 0.25) is 0 Å². The zero-order valence-electron chi connectivity index (χ0n) is 25.1. The molecule has 4 nitrogen and oxygen atoms in total. The first-order valence-corrected chi connectivity index (χ1v) is 12.9. The van der Waals surface area contributed by atoms with E-state index in [-0.39, 0.29) is 41.2 Å². The SMILES string of the molecule is CC(C)C(O)C(C)C.CC(C)C(O)C(C)C.CC(C)C(O)C(C)C.CC(C)C(O)C(C)C.[Co]. The second kappa shape index (κ2) is 24.1. The summed E-state index contributed by atoms with van der Waals surface area (Å²) in [6, 6.07) is 0. The number of hydrogen-bond acceptors (Lipinski definition) is 4. The minimum absolute atomic E-state index is 0. The number of aliphatic hydroxyl groups excluding tert-OH is 4. The molecule has 209 valence electrons. The van der Waals surface area contributed by atoms with Crippen LogP contribution in [0.25, 0.3) is 0 Å². The standard InChI is InChI=1S/4C7H16O.Co/c4*1-5(2)7(8)6(3)4;/h4*5-8H,1-4H3;. The Hall–Kier alpha value is 0.346. The second-order valence-electron chi connectivity index (χ2n) is 11.9. The predicted octanol–water partition coefficient (Wildman–Crippen LogP) is 6.63. The number of rotatable bonds is 8. The molecule has 0 aromatic rings. The maximum absolute atomic E-state index is 9.20. The Labute approximate surface area is 219 Å². The fourth-order valence-corrected chi connectivity index (χ4v) is 3.08. The molecule has 4 N–H and O–H groups in total. The van der Waals surface area contributed by atoms with Gasteiger partial charge < -0.3 is 20.4 Å². The molecule has 0 atom stereocenters. The van der Waals surface area contributed by atoms with Crippen molar-refractivity contribution in [3.05, 3.63) is 0 Å². The first-order chi connectivity index (χ1) is 14.2. The van der Waals surface area contributed by atoms with Crippen molar-refractivity contribution in [2.24, 2.45) is 47.3 Å². The summed E-state index contributed by atoms with van der Waals surface area (Å²) < 4.78 is 0. The van der Waals surface area contributed by atoms with Crippen molar-refractivity contribution in [3.63, 3.8) is 0 Å². The van der Waals surface area contributed by atoms with E-state index < -0.39 is 0 Å². The first-order valence-electron chi connectivity index (χ1n) is 12.9. The van der Waals surface area contributed by atoms with Crippen LogP contribution < -0.4 is 0 Å². The topological polar surface area (TPSA) is 80.9 Å². The summed E-state index contributed by atoms with van der Waals surface area (Å²) in [6.45, 7) is 32.5. The summed E-state index contributed by atoms with van der Waals surface area (Å²) in [4.78, 5) is 0. The van der Waals surface area contributed by atoms with Crippen LogP contribution in [0.1, 0.15) is 111 Å². The van der Waals surface area contributed by atoms with Gasteiger partial charge in [-0.1, -0.05) is 111 Å². The van der Waals surface area contributed by atoms with Gasteiger partial charge in [-0.05, 0) is 47.3 Å². The van der Waals surface area contributed by atoms with Gasteiger partial charge in [0.25, 0.3) is 0 Å². The van der Waals surface area contributed by atoms with Gasteiger partial charge in [0.15, 0.2) is 0 Å². The Balaban J connectivity index is -0.000000105. The fourth-order valence-electron chi connectivity index (χ4n) is 3.08. The molecule has 0 amide bonds. The molecular weight excluding hydrogens is 459 g/mol. The Morgan fingerprint density at radius 3 is 0.303 bits per heavy atom. The Morgan fingerprint density at radius 2 is 0.303 bits per heavy atom. The van der Waals surface area contributed by atoms with E-state index in [9.17, 15) is 20.4 Å². The summed E-state index contributed by atoms with van der Waals surface area (Å²) in [5.74, 6) is 3.19. The van der Waals surface area contributed by atoms with Crippen molar-refractivity contribution in [1.82, 2.24) is 0 Å². The minimum atomic E-state index is -0.130. The van der Waals surface area contributed by atoms with E-state index >= 15 is 0 Å². The van der Waals surface area contributed by atoms with Crippen LogP contribution in [0, 0.1) is 47.3 Å². The van der Waals surface area contributed by atoms with Crippen LogP contribution >= 0.6 is 0 Å². The molecule has 0 saturated heterocycles. The molecule has 0 aliphatic rings. The van der Waals surface area contributed by atoms with Crippen molar-refractivity contribution < 1.29 is 37.2 Å². The number of hydrogen-bond donors (Lipinski definition) is 4. The van der Waals surface area contributed by atoms with Gasteiger partial charge in [-0.25, -0.2) is 0 Å². The zero-order valence-corrected chi connectivity index (χ0v) is 26.1. The molecule has 0 fully saturated rings. The van der Waals surface area contributed by atoms with Gasteiger partial charge in [-0.3, -0.25) is 0 Å². The smallest absolute Gasteiger partial charge is 0.0586 e. The van der Waals surface area contributed by atoms with Crippen LogP contribution in [-0.2, 0) is 16.8 Å². The molecule has 0 bridgehead atoms. The maximum Gasteiger partial charge on any atom is 0.0586 e. The van der Waals surface area contributed by atoms with Gasteiger partial charge >= 0.3 is 0 Å². The fraction of sp³-hybridized carbons (Fsp3) is 1.00. The van der Waals surface area contributed by atoms with Gasteiger partial charge in [-0.2, -0.15) is 0 Å². The molecule has 5 heteroatoms. The van der Waals surface area contributed by atoms with Gasteiger partial charge in [0, 0.05) is 16.8 Å². The van der Waals surface area contributed by atoms with Crippen molar-refractivity contribution in [2.45, 2.75) is 135 Å². The van der Waals surface area contributed by atoms with Crippen LogP contribution in [-0.4, -0.2) is 44.8 Å². The summed E-state index contributed by atoms with van der Waals surface area (Å²) >= 11 is 0. The molecule has 0 saturated carbocycles. The quantitative estimate of drug-likeness (QED) is 0.288. The Bertz CT molecular complexity index is 276. The van der Waals surface area contributed by atoms with Crippen molar-refractivity contribution >= 4 is 0 Å². The Kier molecular flexibility index (Phi) is 31.7. The van der Waals surface area contributed by atoms with E-state index in [1.807, 2.05) is 111 Å².